The van der Waals surface area contributed by atoms with Crippen molar-refractivity contribution in [2.75, 3.05) is 12.4 Å². The van der Waals surface area contributed by atoms with Crippen LogP contribution < -0.4 is 10.1 Å². The molecule has 0 saturated carbocycles. The van der Waals surface area contributed by atoms with Crippen LogP contribution in [0.3, 0.4) is 0 Å². The highest BCUT2D eigenvalue weighted by atomic mass is 35.5. The molecule has 0 spiro atoms. The summed E-state index contributed by atoms with van der Waals surface area (Å²) in [6, 6.07) is 7.03. The highest BCUT2D eigenvalue weighted by Crippen LogP contribution is 2.31. The van der Waals surface area contributed by atoms with E-state index in [4.69, 9.17) is 16.3 Å². The highest BCUT2D eigenvalue weighted by Gasteiger charge is 2.13. The van der Waals surface area contributed by atoms with Crippen molar-refractivity contribution in [2.24, 2.45) is 0 Å². The number of benzene rings is 1. The van der Waals surface area contributed by atoms with Crippen molar-refractivity contribution in [3.63, 3.8) is 0 Å². The van der Waals surface area contributed by atoms with Crippen molar-refractivity contribution in [1.29, 1.82) is 0 Å². The van der Waals surface area contributed by atoms with Gasteiger partial charge >= 0.3 is 0 Å². The Hall–Kier alpha value is -1.94. The van der Waals surface area contributed by atoms with Gasteiger partial charge in [0.2, 0.25) is 0 Å². The number of nitrogens with one attached hydrogen (secondary N) is 1. The highest BCUT2D eigenvalue weighted by molar-refractivity contribution is 6.32. The topological polar surface area (TPSA) is 54.4 Å². The van der Waals surface area contributed by atoms with Crippen LogP contribution in [0.15, 0.2) is 30.5 Å². The number of aromatic hydroxyl groups is 1. The lowest BCUT2D eigenvalue weighted by molar-refractivity contribution is 0.406. The molecule has 2 rings (SSSR count). The summed E-state index contributed by atoms with van der Waals surface area (Å²) >= 11 is 6.06. The second-order valence-electron chi connectivity index (χ2n) is 4.64. The number of anilines is 1. The number of halogens is 1. The third-order valence-corrected chi connectivity index (χ3v) is 3.35. The first-order chi connectivity index (χ1) is 9.51. The van der Waals surface area contributed by atoms with E-state index in [0.29, 0.717) is 10.9 Å². The van der Waals surface area contributed by atoms with Crippen LogP contribution in [0.1, 0.15) is 24.1 Å². The summed E-state index contributed by atoms with van der Waals surface area (Å²) in [7, 11) is 1.56. The molecule has 5 heteroatoms. The van der Waals surface area contributed by atoms with Crippen molar-refractivity contribution in [1.82, 2.24) is 4.98 Å². The van der Waals surface area contributed by atoms with Crippen LogP contribution >= 0.6 is 11.6 Å². The zero-order valence-electron chi connectivity index (χ0n) is 11.6. The molecule has 1 aromatic heterocycles. The van der Waals surface area contributed by atoms with Crippen LogP contribution in [-0.2, 0) is 0 Å². The molecule has 1 aromatic carbocycles. The minimum absolute atomic E-state index is 0.109. The van der Waals surface area contributed by atoms with E-state index in [9.17, 15) is 5.11 Å². The Balaban J connectivity index is 2.23. The van der Waals surface area contributed by atoms with Gasteiger partial charge in [-0.25, -0.2) is 4.98 Å². The first-order valence-electron chi connectivity index (χ1n) is 6.27. The molecule has 2 aromatic rings. The number of methoxy groups -OCH3 is 1. The number of nitrogens with zero attached hydrogens (tertiary/aromatic N) is 1. The van der Waals surface area contributed by atoms with Gasteiger partial charge in [0.05, 0.1) is 18.8 Å². The van der Waals surface area contributed by atoms with E-state index in [2.05, 4.69) is 10.3 Å². The normalized spacial score (nSPS) is 12.0. The summed E-state index contributed by atoms with van der Waals surface area (Å²) in [6.07, 6.45) is 1.71. The second-order valence-corrected chi connectivity index (χ2v) is 5.00. The van der Waals surface area contributed by atoms with E-state index in [1.807, 2.05) is 32.0 Å². The molecule has 1 heterocycles. The molecule has 4 nitrogen and oxygen atoms in total. The second kappa shape index (κ2) is 6.01. The number of hydrogen-bond acceptors (Lipinski definition) is 4. The third kappa shape index (κ3) is 3.14. The molecule has 0 aliphatic rings. The maximum absolute atomic E-state index is 10.0. The summed E-state index contributed by atoms with van der Waals surface area (Å²) in [4.78, 5) is 4.10. The Bertz CT molecular complexity index is 617. The minimum atomic E-state index is -0.109. The van der Waals surface area contributed by atoms with Crippen LogP contribution in [0.5, 0.6) is 11.5 Å². The molecule has 0 amide bonds. The van der Waals surface area contributed by atoms with Crippen molar-refractivity contribution < 1.29 is 9.84 Å². The largest absolute Gasteiger partial charge is 0.507 e. The molecule has 1 unspecified atom stereocenters. The molecular formula is C15H17ClN2O2. The van der Waals surface area contributed by atoms with Crippen LogP contribution in [-0.4, -0.2) is 17.2 Å². The predicted octanol–water partition coefficient (Wildman–Crippen LogP) is 3.93. The molecule has 0 radical (unpaired) electrons. The van der Waals surface area contributed by atoms with E-state index >= 15 is 0 Å². The summed E-state index contributed by atoms with van der Waals surface area (Å²) in [5, 5.41) is 13.7. The standard InChI is InChI=1S/C15H17ClN2O2/c1-9-6-13(15(16)17-8-9)18-10(2)12-5-4-11(20-3)7-14(12)19/h4-8,10,18-19H,1-3H3. The van der Waals surface area contributed by atoms with Gasteiger partial charge in [-0.1, -0.05) is 11.6 Å². The predicted molar refractivity (Wildman–Crippen MR) is 80.7 cm³/mol. The molecule has 0 bridgehead atoms. The first kappa shape index (κ1) is 14.5. The van der Waals surface area contributed by atoms with E-state index in [1.165, 1.54) is 0 Å². The van der Waals surface area contributed by atoms with Crippen LogP contribution in [0.4, 0.5) is 5.69 Å². The fourth-order valence-corrected chi connectivity index (χ4v) is 2.14. The van der Waals surface area contributed by atoms with Gasteiger partial charge in [-0.05, 0) is 37.6 Å². The van der Waals surface area contributed by atoms with Gasteiger partial charge in [-0.15, -0.1) is 0 Å². The van der Waals surface area contributed by atoms with Crippen molar-refractivity contribution in [2.45, 2.75) is 19.9 Å². The van der Waals surface area contributed by atoms with Gasteiger partial charge in [-0.2, -0.15) is 0 Å². The van der Waals surface area contributed by atoms with Gasteiger partial charge in [0.15, 0.2) is 5.15 Å². The number of aryl methyl sites for hydroxylation is 1. The SMILES string of the molecule is COc1ccc(C(C)Nc2cc(C)cnc2Cl)c(O)c1. The van der Waals surface area contributed by atoms with E-state index in [-0.39, 0.29) is 11.8 Å². The lowest BCUT2D eigenvalue weighted by atomic mass is 10.1. The van der Waals surface area contributed by atoms with Crippen molar-refractivity contribution in [3.8, 4) is 11.5 Å². The Labute approximate surface area is 123 Å². The molecule has 106 valence electrons. The maximum Gasteiger partial charge on any atom is 0.152 e. The molecular weight excluding hydrogens is 276 g/mol. The molecule has 2 N–H and O–H groups in total. The Kier molecular flexibility index (Phi) is 4.35. The van der Waals surface area contributed by atoms with Crippen molar-refractivity contribution >= 4 is 17.3 Å². The number of hydrogen-bond donors (Lipinski definition) is 2. The average Bonchev–Trinajstić information content (AvgIpc) is 2.42. The van der Waals surface area contributed by atoms with E-state index in [1.54, 1.807) is 19.4 Å². The van der Waals surface area contributed by atoms with E-state index in [0.717, 1.165) is 16.8 Å². The fourth-order valence-electron chi connectivity index (χ4n) is 1.98. The van der Waals surface area contributed by atoms with Gasteiger partial charge in [0.1, 0.15) is 11.5 Å². The minimum Gasteiger partial charge on any atom is -0.507 e. The zero-order valence-corrected chi connectivity index (χ0v) is 12.4. The van der Waals surface area contributed by atoms with Gasteiger partial charge < -0.3 is 15.2 Å². The van der Waals surface area contributed by atoms with Gasteiger partial charge in [0, 0.05) is 17.8 Å². The van der Waals surface area contributed by atoms with Crippen molar-refractivity contribution in [3.05, 3.63) is 46.7 Å². The Morgan fingerprint density at radius 2 is 2.10 bits per heavy atom. The first-order valence-corrected chi connectivity index (χ1v) is 6.64. The number of ether oxygens (including phenoxy) is 1. The van der Waals surface area contributed by atoms with E-state index < -0.39 is 0 Å². The quantitative estimate of drug-likeness (QED) is 0.838. The van der Waals surface area contributed by atoms with Gasteiger partial charge in [-0.3, -0.25) is 0 Å². The fraction of sp³-hybridized carbons (Fsp3) is 0.267. The lowest BCUT2D eigenvalue weighted by Gasteiger charge is -2.18. The summed E-state index contributed by atoms with van der Waals surface area (Å²) in [6.45, 7) is 3.89. The smallest absolute Gasteiger partial charge is 0.152 e. The van der Waals surface area contributed by atoms with Crippen LogP contribution in [0, 0.1) is 6.92 Å². The number of phenols is 1. The number of aromatic nitrogens is 1. The third-order valence-electron chi connectivity index (χ3n) is 3.05. The molecule has 0 aliphatic heterocycles. The van der Waals surface area contributed by atoms with Gasteiger partial charge in [0.25, 0.3) is 0 Å². The molecule has 20 heavy (non-hydrogen) atoms. The molecule has 0 fully saturated rings. The zero-order chi connectivity index (χ0) is 14.7. The number of phenolic OH excluding ortho intramolecular Hbond substituents is 1. The average molecular weight is 293 g/mol. The van der Waals surface area contributed by atoms with Crippen LogP contribution in [0.2, 0.25) is 5.15 Å². The summed E-state index contributed by atoms with van der Waals surface area (Å²) in [5.74, 6) is 0.801. The molecule has 1 atom stereocenters. The number of pyridine rings is 1. The Morgan fingerprint density at radius 1 is 1.35 bits per heavy atom. The summed E-state index contributed by atoms with van der Waals surface area (Å²) < 4.78 is 5.07. The molecule has 0 saturated heterocycles. The lowest BCUT2D eigenvalue weighted by Crippen LogP contribution is -2.08. The Morgan fingerprint density at radius 3 is 2.75 bits per heavy atom. The monoisotopic (exact) mass is 292 g/mol. The van der Waals surface area contributed by atoms with Crippen LogP contribution in [0.25, 0.3) is 0 Å². The summed E-state index contributed by atoms with van der Waals surface area (Å²) in [5.41, 5.74) is 2.53. The maximum atomic E-state index is 10.0. The number of rotatable bonds is 4. The molecule has 0 aliphatic carbocycles.